The molecule has 0 aliphatic heterocycles. The van der Waals surface area contributed by atoms with Crippen molar-refractivity contribution in [3.05, 3.63) is 64.1 Å². The van der Waals surface area contributed by atoms with Crippen LogP contribution < -0.4 is 16.1 Å². The summed E-state index contributed by atoms with van der Waals surface area (Å²) >= 11 is 3.37. The third-order valence-electron chi connectivity index (χ3n) is 4.84. The highest BCUT2D eigenvalue weighted by atomic mass is 79.9. The number of benzene rings is 2. The van der Waals surface area contributed by atoms with E-state index in [1.54, 1.807) is 30.3 Å². The molecule has 2 aromatic carbocycles. The first kappa shape index (κ1) is 21.7. The zero-order chi connectivity index (χ0) is 21.3. The lowest BCUT2D eigenvalue weighted by molar-refractivity contribution is -0.136. The molecule has 0 atom stereocenters. The lowest BCUT2D eigenvalue weighted by Gasteiger charge is -2.23. The van der Waals surface area contributed by atoms with E-state index in [-0.39, 0.29) is 17.6 Å². The van der Waals surface area contributed by atoms with Gasteiger partial charge in [-0.15, -0.1) is 0 Å². The molecule has 156 valence electrons. The summed E-state index contributed by atoms with van der Waals surface area (Å²) in [6.07, 6.45) is 6.74. The van der Waals surface area contributed by atoms with Gasteiger partial charge in [-0.05, 0) is 31.0 Å². The molecule has 0 bridgehead atoms. The highest BCUT2D eigenvalue weighted by molar-refractivity contribution is 9.10. The van der Waals surface area contributed by atoms with Crippen molar-refractivity contribution in [1.29, 1.82) is 0 Å². The highest BCUT2D eigenvalue weighted by Crippen LogP contribution is 2.20. The van der Waals surface area contributed by atoms with Gasteiger partial charge in [-0.3, -0.25) is 14.4 Å². The Balaban J connectivity index is 1.60. The smallest absolute Gasteiger partial charge is 0.329 e. The molecule has 3 amide bonds. The van der Waals surface area contributed by atoms with Gasteiger partial charge in [0.15, 0.2) is 0 Å². The van der Waals surface area contributed by atoms with E-state index in [0.29, 0.717) is 5.56 Å². The van der Waals surface area contributed by atoms with Gasteiger partial charge in [-0.2, -0.15) is 5.10 Å². The van der Waals surface area contributed by atoms with Crippen LogP contribution in [0.4, 0.5) is 5.69 Å². The average Bonchev–Trinajstić information content (AvgIpc) is 2.76. The summed E-state index contributed by atoms with van der Waals surface area (Å²) < 4.78 is 0.811. The van der Waals surface area contributed by atoms with Crippen LogP contribution in [0, 0.1) is 0 Å². The molecule has 0 spiro atoms. The molecule has 0 heterocycles. The summed E-state index contributed by atoms with van der Waals surface area (Å²) in [6, 6.07) is 14.1. The topological polar surface area (TPSA) is 99.7 Å². The van der Waals surface area contributed by atoms with Crippen molar-refractivity contribution in [2.45, 2.75) is 38.1 Å². The van der Waals surface area contributed by atoms with Crippen LogP contribution in [0.1, 0.15) is 48.0 Å². The molecule has 1 aliphatic rings. The molecule has 3 N–H and O–H groups in total. The number of hydrazone groups is 1. The SMILES string of the molecule is O=C(N/N=C/c1ccccc1Br)C(=O)Nc1ccccc1C(=O)NC1CCCCC1. The zero-order valence-electron chi connectivity index (χ0n) is 16.4. The van der Waals surface area contributed by atoms with Crippen LogP contribution >= 0.6 is 15.9 Å². The third kappa shape index (κ3) is 6.00. The number of hydrogen-bond acceptors (Lipinski definition) is 4. The Hall–Kier alpha value is -3.00. The number of amides is 3. The van der Waals surface area contributed by atoms with Crippen LogP contribution in [0.3, 0.4) is 0 Å². The van der Waals surface area contributed by atoms with Crippen molar-refractivity contribution in [2.24, 2.45) is 5.10 Å². The Morgan fingerprint density at radius 2 is 1.63 bits per heavy atom. The van der Waals surface area contributed by atoms with E-state index in [9.17, 15) is 14.4 Å². The number of carbonyl (C=O) groups is 3. The highest BCUT2D eigenvalue weighted by Gasteiger charge is 2.20. The Kier molecular flexibility index (Phi) is 7.73. The van der Waals surface area contributed by atoms with Crippen LogP contribution in [0.5, 0.6) is 0 Å². The van der Waals surface area contributed by atoms with Gasteiger partial charge < -0.3 is 10.6 Å². The van der Waals surface area contributed by atoms with Crippen LogP contribution in [0.2, 0.25) is 0 Å². The molecule has 30 heavy (non-hydrogen) atoms. The Morgan fingerprint density at radius 3 is 2.40 bits per heavy atom. The van der Waals surface area contributed by atoms with Crippen molar-refractivity contribution in [3.63, 3.8) is 0 Å². The number of rotatable bonds is 5. The quantitative estimate of drug-likeness (QED) is 0.353. The summed E-state index contributed by atoms with van der Waals surface area (Å²) in [4.78, 5) is 37.0. The van der Waals surface area contributed by atoms with Crippen LogP contribution in [-0.2, 0) is 9.59 Å². The molecular formula is C22H23BrN4O3. The Labute approximate surface area is 183 Å². The minimum atomic E-state index is -0.930. The van der Waals surface area contributed by atoms with Gasteiger partial charge in [0.25, 0.3) is 5.91 Å². The summed E-state index contributed by atoms with van der Waals surface area (Å²) in [5.41, 5.74) is 3.54. The lowest BCUT2D eigenvalue weighted by atomic mass is 9.95. The molecule has 2 aromatic rings. The molecule has 8 heteroatoms. The van der Waals surface area contributed by atoms with Crippen LogP contribution in [-0.4, -0.2) is 30.0 Å². The van der Waals surface area contributed by atoms with Gasteiger partial charge in [0, 0.05) is 16.1 Å². The fraction of sp³-hybridized carbons (Fsp3) is 0.273. The van der Waals surface area contributed by atoms with Gasteiger partial charge in [0.1, 0.15) is 0 Å². The van der Waals surface area contributed by atoms with E-state index in [1.807, 2.05) is 18.2 Å². The van der Waals surface area contributed by atoms with Gasteiger partial charge in [-0.25, -0.2) is 5.43 Å². The number of nitrogens with zero attached hydrogens (tertiary/aromatic N) is 1. The second-order valence-electron chi connectivity index (χ2n) is 7.03. The van der Waals surface area contributed by atoms with Crippen molar-refractivity contribution in [1.82, 2.24) is 10.7 Å². The van der Waals surface area contributed by atoms with Gasteiger partial charge in [0.05, 0.1) is 17.5 Å². The third-order valence-corrected chi connectivity index (χ3v) is 5.56. The predicted octanol–water partition coefficient (Wildman–Crippen LogP) is 3.60. The van der Waals surface area contributed by atoms with Crippen molar-refractivity contribution >= 4 is 45.6 Å². The minimum Gasteiger partial charge on any atom is -0.349 e. The monoisotopic (exact) mass is 470 g/mol. The number of para-hydroxylation sites is 1. The first-order valence-electron chi connectivity index (χ1n) is 9.83. The molecule has 1 saturated carbocycles. The van der Waals surface area contributed by atoms with Crippen molar-refractivity contribution < 1.29 is 14.4 Å². The molecule has 3 rings (SSSR count). The lowest BCUT2D eigenvalue weighted by Crippen LogP contribution is -2.37. The number of nitrogens with one attached hydrogen (secondary N) is 3. The van der Waals surface area contributed by atoms with E-state index in [1.165, 1.54) is 12.6 Å². The molecule has 1 fully saturated rings. The largest absolute Gasteiger partial charge is 0.349 e. The van der Waals surface area contributed by atoms with Gasteiger partial charge in [-0.1, -0.05) is 65.5 Å². The minimum absolute atomic E-state index is 0.143. The summed E-state index contributed by atoms with van der Waals surface area (Å²) in [7, 11) is 0. The molecule has 0 saturated heterocycles. The maximum absolute atomic E-state index is 12.7. The Bertz CT molecular complexity index is 955. The second kappa shape index (κ2) is 10.7. The van der Waals surface area contributed by atoms with Crippen molar-refractivity contribution in [2.75, 3.05) is 5.32 Å². The fourth-order valence-corrected chi connectivity index (χ4v) is 3.66. The van der Waals surface area contributed by atoms with Crippen molar-refractivity contribution in [3.8, 4) is 0 Å². The van der Waals surface area contributed by atoms with Gasteiger partial charge >= 0.3 is 11.8 Å². The average molecular weight is 471 g/mol. The number of hydrogen-bond donors (Lipinski definition) is 3. The number of carbonyl (C=O) groups excluding carboxylic acids is 3. The van der Waals surface area contributed by atoms with Crippen LogP contribution in [0.25, 0.3) is 0 Å². The maximum atomic E-state index is 12.7. The molecule has 0 radical (unpaired) electrons. The first-order valence-corrected chi connectivity index (χ1v) is 10.6. The van der Waals surface area contributed by atoms with E-state index in [4.69, 9.17) is 0 Å². The number of halogens is 1. The zero-order valence-corrected chi connectivity index (χ0v) is 17.9. The summed E-state index contributed by atoms with van der Waals surface area (Å²) in [6.45, 7) is 0. The molecular weight excluding hydrogens is 448 g/mol. The molecule has 0 aromatic heterocycles. The summed E-state index contributed by atoms with van der Waals surface area (Å²) in [5, 5.41) is 9.32. The van der Waals surface area contributed by atoms with Crippen LogP contribution in [0.15, 0.2) is 58.1 Å². The maximum Gasteiger partial charge on any atom is 0.329 e. The fourth-order valence-electron chi connectivity index (χ4n) is 3.27. The van der Waals surface area contributed by atoms with Gasteiger partial charge in [0.2, 0.25) is 0 Å². The van der Waals surface area contributed by atoms with E-state index in [0.717, 1.165) is 35.7 Å². The van der Waals surface area contributed by atoms with E-state index >= 15 is 0 Å². The normalized spacial score (nSPS) is 14.3. The standard InChI is InChI=1S/C22H23BrN4O3/c23-18-12-6-4-8-15(18)14-24-27-22(30)21(29)26-19-13-7-5-11-17(19)20(28)25-16-9-2-1-3-10-16/h4-8,11-14,16H,1-3,9-10H2,(H,25,28)(H,26,29)(H,27,30)/b24-14+. The number of anilines is 1. The molecule has 0 unspecified atom stereocenters. The second-order valence-corrected chi connectivity index (χ2v) is 7.88. The van der Waals surface area contributed by atoms with E-state index in [2.05, 4.69) is 37.1 Å². The first-order chi connectivity index (χ1) is 14.5. The predicted molar refractivity (Wildman–Crippen MR) is 119 cm³/mol. The molecule has 1 aliphatic carbocycles. The van der Waals surface area contributed by atoms with E-state index < -0.39 is 11.8 Å². The Morgan fingerprint density at radius 1 is 0.933 bits per heavy atom. The molecule has 7 nitrogen and oxygen atoms in total. The summed E-state index contributed by atoms with van der Waals surface area (Å²) in [5.74, 6) is -2.09.